The standard InChI is InChI=1S/C22H24O9/c1-26-20(23)17-8-4-3-7-16(17)15-31-30-14-12-28-11-13-29-22(25)19-10-6-5-9-18(19)21(24)27-2/h3-10H,11-15H2,1-2H3. The summed E-state index contributed by atoms with van der Waals surface area (Å²) >= 11 is 0. The van der Waals surface area contributed by atoms with Crippen LogP contribution in [0.1, 0.15) is 36.6 Å². The maximum atomic E-state index is 12.1. The molecule has 0 aliphatic rings. The minimum absolute atomic E-state index is 0.00169. The second-order valence-electron chi connectivity index (χ2n) is 6.02. The lowest BCUT2D eigenvalue weighted by Gasteiger charge is -2.09. The molecule has 0 aliphatic heterocycles. The van der Waals surface area contributed by atoms with E-state index < -0.39 is 17.9 Å². The van der Waals surface area contributed by atoms with Crippen molar-refractivity contribution < 1.29 is 43.1 Å². The zero-order chi connectivity index (χ0) is 22.5. The number of methoxy groups -OCH3 is 2. The number of esters is 3. The molecule has 0 fully saturated rings. The lowest BCUT2D eigenvalue weighted by molar-refractivity contribution is -0.308. The number of carbonyl (C=O) groups is 3. The van der Waals surface area contributed by atoms with Gasteiger partial charge >= 0.3 is 17.9 Å². The van der Waals surface area contributed by atoms with Gasteiger partial charge in [-0.05, 0) is 23.8 Å². The SMILES string of the molecule is COC(=O)c1ccccc1COOCCOCCOC(=O)c1ccccc1C(=O)OC. The van der Waals surface area contributed by atoms with E-state index in [-0.39, 0.29) is 44.2 Å². The first-order chi connectivity index (χ1) is 15.1. The van der Waals surface area contributed by atoms with Crippen LogP contribution in [0.25, 0.3) is 0 Å². The third-order valence-electron chi connectivity index (χ3n) is 4.04. The molecule has 9 heteroatoms. The van der Waals surface area contributed by atoms with E-state index in [0.29, 0.717) is 11.1 Å². The van der Waals surface area contributed by atoms with Crippen LogP contribution in [-0.4, -0.2) is 58.6 Å². The van der Waals surface area contributed by atoms with Gasteiger partial charge < -0.3 is 18.9 Å². The Hall–Kier alpha value is -3.27. The Morgan fingerprint density at radius 3 is 1.87 bits per heavy atom. The van der Waals surface area contributed by atoms with Gasteiger partial charge in [0.1, 0.15) is 19.8 Å². The van der Waals surface area contributed by atoms with Crippen molar-refractivity contribution in [2.24, 2.45) is 0 Å². The number of carbonyl (C=O) groups excluding carboxylic acids is 3. The molecular weight excluding hydrogens is 408 g/mol. The van der Waals surface area contributed by atoms with Gasteiger partial charge in [0, 0.05) is 0 Å². The van der Waals surface area contributed by atoms with Crippen molar-refractivity contribution in [1.82, 2.24) is 0 Å². The van der Waals surface area contributed by atoms with Crippen molar-refractivity contribution in [3.63, 3.8) is 0 Å². The number of ether oxygens (including phenoxy) is 4. The van der Waals surface area contributed by atoms with Gasteiger partial charge in [-0.3, -0.25) is 0 Å². The number of hydrogen-bond donors (Lipinski definition) is 0. The van der Waals surface area contributed by atoms with Gasteiger partial charge in [-0.1, -0.05) is 30.3 Å². The monoisotopic (exact) mass is 432 g/mol. The minimum atomic E-state index is -0.645. The smallest absolute Gasteiger partial charge is 0.339 e. The van der Waals surface area contributed by atoms with E-state index in [2.05, 4.69) is 4.74 Å². The highest BCUT2D eigenvalue weighted by Crippen LogP contribution is 2.12. The lowest BCUT2D eigenvalue weighted by atomic mass is 10.1. The van der Waals surface area contributed by atoms with Crippen molar-refractivity contribution >= 4 is 17.9 Å². The number of benzene rings is 2. The van der Waals surface area contributed by atoms with Crippen LogP contribution in [0.3, 0.4) is 0 Å². The Balaban J connectivity index is 1.61. The van der Waals surface area contributed by atoms with Crippen LogP contribution in [0, 0.1) is 0 Å². The van der Waals surface area contributed by atoms with E-state index in [0.717, 1.165) is 0 Å². The highest BCUT2D eigenvalue weighted by molar-refractivity contribution is 6.03. The molecule has 0 atom stereocenters. The van der Waals surface area contributed by atoms with Crippen LogP contribution in [0.5, 0.6) is 0 Å². The molecule has 0 saturated carbocycles. The fraction of sp³-hybridized carbons (Fsp3) is 0.318. The highest BCUT2D eigenvalue weighted by Gasteiger charge is 2.18. The van der Waals surface area contributed by atoms with E-state index >= 15 is 0 Å². The molecule has 2 rings (SSSR count). The molecule has 166 valence electrons. The van der Waals surface area contributed by atoms with Crippen molar-refractivity contribution in [2.45, 2.75) is 6.61 Å². The van der Waals surface area contributed by atoms with Gasteiger partial charge in [0.25, 0.3) is 0 Å². The summed E-state index contributed by atoms with van der Waals surface area (Å²) in [6.45, 7) is 0.555. The molecule has 0 heterocycles. The van der Waals surface area contributed by atoms with Crippen LogP contribution >= 0.6 is 0 Å². The average molecular weight is 432 g/mol. The van der Waals surface area contributed by atoms with Crippen LogP contribution in [0.15, 0.2) is 48.5 Å². The molecule has 0 saturated heterocycles. The van der Waals surface area contributed by atoms with Gasteiger partial charge in [0.2, 0.25) is 0 Å². The summed E-state index contributed by atoms with van der Waals surface area (Å²) in [5, 5.41) is 0. The van der Waals surface area contributed by atoms with Gasteiger partial charge in [-0.15, -0.1) is 0 Å². The van der Waals surface area contributed by atoms with Gasteiger partial charge in [-0.25, -0.2) is 24.2 Å². The van der Waals surface area contributed by atoms with E-state index in [1.54, 1.807) is 36.4 Å². The van der Waals surface area contributed by atoms with Crippen molar-refractivity contribution in [3.05, 3.63) is 70.8 Å². The fourth-order valence-electron chi connectivity index (χ4n) is 2.53. The molecule has 9 nitrogen and oxygen atoms in total. The third kappa shape index (κ3) is 7.49. The Morgan fingerprint density at radius 1 is 0.645 bits per heavy atom. The van der Waals surface area contributed by atoms with E-state index in [9.17, 15) is 14.4 Å². The third-order valence-corrected chi connectivity index (χ3v) is 4.04. The molecular formula is C22H24O9. The zero-order valence-electron chi connectivity index (χ0n) is 17.3. The van der Waals surface area contributed by atoms with E-state index in [1.165, 1.54) is 26.4 Å². The average Bonchev–Trinajstić information content (AvgIpc) is 2.82. The molecule has 31 heavy (non-hydrogen) atoms. The molecule has 0 spiro atoms. The van der Waals surface area contributed by atoms with Crippen molar-refractivity contribution in [3.8, 4) is 0 Å². The van der Waals surface area contributed by atoms with Crippen molar-refractivity contribution in [1.29, 1.82) is 0 Å². The predicted octanol–water partition coefficient (Wildman–Crippen LogP) is 2.58. The minimum Gasteiger partial charge on any atom is -0.465 e. The Kier molecular flexibility index (Phi) is 10.2. The molecule has 0 bridgehead atoms. The number of rotatable bonds is 12. The molecule has 0 radical (unpaired) electrons. The maximum Gasteiger partial charge on any atom is 0.339 e. The molecule has 0 amide bonds. The van der Waals surface area contributed by atoms with Crippen LogP contribution in [0.2, 0.25) is 0 Å². The molecule has 0 N–H and O–H groups in total. The van der Waals surface area contributed by atoms with Gasteiger partial charge in [-0.2, -0.15) is 0 Å². The second kappa shape index (κ2) is 13.1. The Bertz CT molecular complexity index is 879. The predicted molar refractivity (Wildman–Crippen MR) is 107 cm³/mol. The van der Waals surface area contributed by atoms with Crippen LogP contribution in [-0.2, 0) is 35.3 Å². The Labute approximate surface area is 179 Å². The van der Waals surface area contributed by atoms with Crippen molar-refractivity contribution in [2.75, 3.05) is 40.6 Å². The fourth-order valence-corrected chi connectivity index (χ4v) is 2.53. The summed E-state index contributed by atoms with van der Waals surface area (Å²) in [5.74, 6) is -1.71. The summed E-state index contributed by atoms with van der Waals surface area (Å²) in [6, 6.07) is 13.1. The van der Waals surface area contributed by atoms with Crippen LogP contribution < -0.4 is 0 Å². The van der Waals surface area contributed by atoms with Gasteiger partial charge in [0.05, 0.1) is 44.1 Å². The molecule has 2 aromatic rings. The molecule has 2 aromatic carbocycles. The second-order valence-corrected chi connectivity index (χ2v) is 6.02. The largest absolute Gasteiger partial charge is 0.465 e. The molecule has 0 aromatic heterocycles. The summed E-state index contributed by atoms with van der Waals surface area (Å²) in [7, 11) is 2.55. The quantitative estimate of drug-likeness (QED) is 0.164. The van der Waals surface area contributed by atoms with Gasteiger partial charge in [0.15, 0.2) is 0 Å². The lowest BCUT2D eigenvalue weighted by Crippen LogP contribution is -2.16. The molecule has 0 aliphatic carbocycles. The zero-order valence-corrected chi connectivity index (χ0v) is 17.3. The normalized spacial score (nSPS) is 10.4. The molecule has 0 unspecified atom stereocenters. The van der Waals surface area contributed by atoms with Crippen LogP contribution in [0.4, 0.5) is 0 Å². The first kappa shape index (κ1) is 24.0. The summed E-state index contributed by atoms with van der Waals surface area (Å²) in [6.07, 6.45) is 0. The first-order valence-corrected chi connectivity index (χ1v) is 9.41. The topological polar surface area (TPSA) is 107 Å². The van der Waals surface area contributed by atoms with E-state index in [4.69, 9.17) is 24.0 Å². The number of hydrogen-bond acceptors (Lipinski definition) is 9. The first-order valence-electron chi connectivity index (χ1n) is 9.41. The summed E-state index contributed by atoms with van der Waals surface area (Å²) in [4.78, 5) is 45.6. The maximum absolute atomic E-state index is 12.1. The summed E-state index contributed by atoms with van der Waals surface area (Å²) in [5.41, 5.74) is 1.29. The Morgan fingerprint density at radius 2 is 1.19 bits per heavy atom. The summed E-state index contributed by atoms with van der Waals surface area (Å²) < 4.78 is 19.8. The highest BCUT2D eigenvalue weighted by atomic mass is 17.2. The van der Waals surface area contributed by atoms with E-state index in [1.807, 2.05) is 0 Å².